The van der Waals surface area contributed by atoms with Gasteiger partial charge in [0.25, 0.3) is 11.7 Å². The van der Waals surface area contributed by atoms with Crippen LogP contribution in [0.5, 0.6) is 5.75 Å². The average molecular weight is 436 g/mol. The highest BCUT2D eigenvalue weighted by atomic mass is 16.5. The third-order valence-electron chi connectivity index (χ3n) is 5.61. The van der Waals surface area contributed by atoms with E-state index < -0.39 is 11.7 Å². The Balaban J connectivity index is 1.89. The molecule has 0 aliphatic carbocycles. The molecular formula is C25H29N3O4. The molecule has 1 aromatic heterocycles. The van der Waals surface area contributed by atoms with Crippen LogP contribution in [-0.4, -0.2) is 47.3 Å². The van der Waals surface area contributed by atoms with E-state index in [-0.39, 0.29) is 12.5 Å². The highest BCUT2D eigenvalue weighted by molar-refractivity contribution is 6.44. The number of carbonyl (C=O) groups is 3. The van der Waals surface area contributed by atoms with Gasteiger partial charge in [-0.1, -0.05) is 18.2 Å². The van der Waals surface area contributed by atoms with E-state index in [0.29, 0.717) is 29.7 Å². The Hall–Kier alpha value is -3.61. The van der Waals surface area contributed by atoms with Crippen molar-refractivity contribution in [2.45, 2.75) is 34.2 Å². The van der Waals surface area contributed by atoms with Crippen molar-refractivity contribution in [1.82, 2.24) is 9.47 Å². The monoisotopic (exact) mass is 435 g/mol. The lowest BCUT2D eigenvalue weighted by Crippen LogP contribution is -2.36. The fourth-order valence-electron chi connectivity index (χ4n) is 3.82. The number of aromatic nitrogens is 1. The van der Waals surface area contributed by atoms with Gasteiger partial charge in [0.15, 0.2) is 0 Å². The molecule has 0 fully saturated rings. The average Bonchev–Trinajstić information content (AvgIpc) is 3.14. The molecule has 2 amide bonds. The van der Waals surface area contributed by atoms with Crippen LogP contribution in [0, 0.1) is 13.8 Å². The summed E-state index contributed by atoms with van der Waals surface area (Å²) in [4.78, 5) is 39.9. The molecule has 7 heteroatoms. The number of aryl methyl sites for hydroxylation is 2. The van der Waals surface area contributed by atoms with Crippen LogP contribution in [0.1, 0.15) is 35.3 Å². The number of fused-ring (bicyclic) bond motifs is 1. The van der Waals surface area contributed by atoms with Gasteiger partial charge in [0, 0.05) is 35.9 Å². The first-order valence-corrected chi connectivity index (χ1v) is 10.7. The molecule has 1 heterocycles. The summed E-state index contributed by atoms with van der Waals surface area (Å²) >= 11 is 0. The minimum absolute atomic E-state index is 0.0117. The predicted molar refractivity (Wildman–Crippen MR) is 125 cm³/mol. The van der Waals surface area contributed by atoms with Crippen LogP contribution in [0.25, 0.3) is 10.9 Å². The molecule has 3 aromatic rings. The Kier molecular flexibility index (Phi) is 6.98. The SMILES string of the molecule is CCN(CC)C(=O)C(=O)c1cn(CC(=O)Nc2cc(C)c(OC)cc2C)c2ccccc12. The number of likely N-dealkylation sites (N-methyl/N-ethyl adjacent to an activating group) is 1. The molecule has 0 saturated heterocycles. The Morgan fingerprint density at radius 1 is 1.03 bits per heavy atom. The first-order valence-electron chi connectivity index (χ1n) is 10.7. The van der Waals surface area contributed by atoms with E-state index in [0.717, 1.165) is 22.4 Å². The summed E-state index contributed by atoms with van der Waals surface area (Å²) in [5.41, 5.74) is 3.54. The molecule has 0 atom stereocenters. The first-order chi connectivity index (χ1) is 15.3. The summed E-state index contributed by atoms with van der Waals surface area (Å²) in [6.45, 7) is 8.43. The number of amides is 2. The molecule has 0 saturated carbocycles. The molecule has 0 unspecified atom stereocenters. The van der Waals surface area contributed by atoms with Crippen molar-refractivity contribution in [3.8, 4) is 5.75 Å². The molecular weight excluding hydrogens is 406 g/mol. The normalized spacial score (nSPS) is 10.8. The highest BCUT2D eigenvalue weighted by Gasteiger charge is 2.25. The quantitative estimate of drug-likeness (QED) is 0.429. The largest absolute Gasteiger partial charge is 0.496 e. The summed E-state index contributed by atoms with van der Waals surface area (Å²) < 4.78 is 7.03. The summed E-state index contributed by atoms with van der Waals surface area (Å²) in [5.74, 6) is -0.567. The van der Waals surface area contributed by atoms with Gasteiger partial charge in [0.2, 0.25) is 5.91 Å². The summed E-state index contributed by atoms with van der Waals surface area (Å²) in [5, 5.41) is 3.59. The van der Waals surface area contributed by atoms with Crippen LogP contribution < -0.4 is 10.1 Å². The Labute approximate surface area is 188 Å². The van der Waals surface area contributed by atoms with Gasteiger partial charge in [0.1, 0.15) is 12.3 Å². The molecule has 168 valence electrons. The van der Waals surface area contributed by atoms with E-state index >= 15 is 0 Å². The number of ether oxygens (including phenoxy) is 1. The lowest BCUT2D eigenvalue weighted by atomic mass is 10.1. The van der Waals surface area contributed by atoms with Crippen molar-refractivity contribution >= 4 is 34.2 Å². The fraction of sp³-hybridized carbons (Fsp3) is 0.320. The number of benzene rings is 2. The van der Waals surface area contributed by atoms with Gasteiger partial charge in [-0.05, 0) is 57.0 Å². The predicted octanol–water partition coefficient (Wildman–Crippen LogP) is 3.96. The van der Waals surface area contributed by atoms with E-state index in [9.17, 15) is 14.4 Å². The minimum Gasteiger partial charge on any atom is -0.496 e. The van der Waals surface area contributed by atoms with Crippen LogP contribution >= 0.6 is 0 Å². The molecule has 0 aliphatic heterocycles. The van der Waals surface area contributed by atoms with Crippen LogP contribution in [0.3, 0.4) is 0 Å². The maximum Gasteiger partial charge on any atom is 0.295 e. The lowest BCUT2D eigenvalue weighted by Gasteiger charge is -2.17. The summed E-state index contributed by atoms with van der Waals surface area (Å²) in [6, 6.07) is 11.0. The summed E-state index contributed by atoms with van der Waals surface area (Å²) in [6.07, 6.45) is 1.60. The van der Waals surface area contributed by atoms with Gasteiger partial charge < -0.3 is 19.5 Å². The van der Waals surface area contributed by atoms with Crippen LogP contribution in [0.15, 0.2) is 42.6 Å². The molecule has 1 N–H and O–H groups in total. The van der Waals surface area contributed by atoms with Crippen molar-refractivity contribution in [1.29, 1.82) is 0 Å². The van der Waals surface area contributed by atoms with Gasteiger partial charge in [-0.25, -0.2) is 0 Å². The number of carbonyl (C=O) groups excluding carboxylic acids is 3. The maximum atomic E-state index is 12.9. The second kappa shape index (κ2) is 9.68. The number of ketones is 1. The fourth-order valence-corrected chi connectivity index (χ4v) is 3.82. The Morgan fingerprint density at radius 3 is 2.38 bits per heavy atom. The number of hydrogen-bond donors (Lipinski definition) is 1. The second-order valence-corrected chi connectivity index (χ2v) is 7.68. The van der Waals surface area contributed by atoms with Gasteiger partial charge in [0.05, 0.1) is 12.7 Å². The molecule has 0 bridgehead atoms. The van der Waals surface area contributed by atoms with Crippen molar-refractivity contribution in [3.05, 3.63) is 59.3 Å². The number of rotatable bonds is 8. The van der Waals surface area contributed by atoms with Crippen LogP contribution in [0.2, 0.25) is 0 Å². The number of anilines is 1. The van der Waals surface area contributed by atoms with Crippen molar-refractivity contribution < 1.29 is 19.1 Å². The number of nitrogens with zero attached hydrogens (tertiary/aromatic N) is 2. The zero-order valence-corrected chi connectivity index (χ0v) is 19.2. The van der Waals surface area contributed by atoms with Crippen molar-refractivity contribution in [2.75, 3.05) is 25.5 Å². The van der Waals surface area contributed by atoms with Crippen LogP contribution in [0.4, 0.5) is 5.69 Å². The van der Waals surface area contributed by atoms with E-state index in [1.807, 2.05) is 58.0 Å². The standard InChI is InChI=1S/C25H29N3O4/c1-6-27(7-2)25(31)24(30)19-14-28(21-11-9-8-10-18(19)21)15-23(29)26-20-12-17(4)22(32-5)13-16(20)3/h8-14H,6-7,15H2,1-5H3,(H,26,29). The van der Waals surface area contributed by atoms with Crippen LogP contribution in [-0.2, 0) is 16.1 Å². The number of para-hydroxylation sites is 1. The number of Topliss-reactive ketones (excluding diaryl/α,β-unsaturated/α-hetero) is 1. The number of nitrogens with one attached hydrogen (secondary N) is 1. The minimum atomic E-state index is -0.564. The zero-order valence-electron chi connectivity index (χ0n) is 19.2. The van der Waals surface area contributed by atoms with E-state index in [1.54, 1.807) is 23.9 Å². The lowest BCUT2D eigenvalue weighted by molar-refractivity contribution is -0.126. The van der Waals surface area contributed by atoms with Gasteiger partial charge >= 0.3 is 0 Å². The van der Waals surface area contributed by atoms with Gasteiger partial charge in [-0.3, -0.25) is 14.4 Å². The molecule has 32 heavy (non-hydrogen) atoms. The molecule has 3 rings (SSSR count). The van der Waals surface area contributed by atoms with Gasteiger partial charge in [-0.2, -0.15) is 0 Å². The maximum absolute atomic E-state index is 12.9. The third-order valence-corrected chi connectivity index (χ3v) is 5.61. The molecule has 0 radical (unpaired) electrons. The van der Waals surface area contributed by atoms with Crippen molar-refractivity contribution in [3.63, 3.8) is 0 Å². The summed E-state index contributed by atoms with van der Waals surface area (Å²) in [7, 11) is 1.61. The Morgan fingerprint density at radius 2 is 1.72 bits per heavy atom. The highest BCUT2D eigenvalue weighted by Crippen LogP contribution is 2.26. The Bertz CT molecular complexity index is 1180. The van der Waals surface area contributed by atoms with E-state index in [1.165, 1.54) is 4.90 Å². The van der Waals surface area contributed by atoms with E-state index in [2.05, 4.69) is 5.32 Å². The van der Waals surface area contributed by atoms with E-state index in [4.69, 9.17) is 4.74 Å². The molecule has 7 nitrogen and oxygen atoms in total. The molecule has 0 spiro atoms. The van der Waals surface area contributed by atoms with Crippen molar-refractivity contribution in [2.24, 2.45) is 0 Å². The number of hydrogen-bond acceptors (Lipinski definition) is 4. The molecule has 2 aromatic carbocycles. The van der Waals surface area contributed by atoms with Gasteiger partial charge in [-0.15, -0.1) is 0 Å². The zero-order chi connectivity index (χ0) is 23.4. The topological polar surface area (TPSA) is 80.6 Å². The third kappa shape index (κ3) is 4.51. The first kappa shape index (κ1) is 23.1. The smallest absolute Gasteiger partial charge is 0.295 e. The number of methoxy groups -OCH3 is 1. The molecule has 0 aliphatic rings. The second-order valence-electron chi connectivity index (χ2n) is 7.68.